The first-order chi connectivity index (χ1) is 15.2. The minimum absolute atomic E-state index is 0.0668. The number of rotatable bonds is 8. The van der Waals surface area contributed by atoms with Gasteiger partial charge in [0.05, 0.1) is 4.90 Å². The topological polar surface area (TPSA) is 104 Å². The van der Waals surface area contributed by atoms with Crippen molar-refractivity contribution in [3.8, 4) is 0 Å². The SMILES string of the molecule is CC(=O)Nc1ccc(S(=O)(=O)NCc2ccc(C(=O)NCc3ccccc3Cl)cc2)cc1. The minimum atomic E-state index is -3.73. The lowest BCUT2D eigenvalue weighted by Crippen LogP contribution is -2.24. The maximum Gasteiger partial charge on any atom is 0.251 e. The molecule has 0 aromatic heterocycles. The number of benzene rings is 3. The van der Waals surface area contributed by atoms with Gasteiger partial charge in [-0.05, 0) is 53.6 Å². The van der Waals surface area contributed by atoms with E-state index in [1.807, 2.05) is 18.2 Å². The first-order valence-electron chi connectivity index (χ1n) is 9.72. The molecule has 3 rings (SSSR count). The lowest BCUT2D eigenvalue weighted by Gasteiger charge is -2.09. The molecule has 0 unspecified atom stereocenters. The summed E-state index contributed by atoms with van der Waals surface area (Å²) in [7, 11) is -3.73. The van der Waals surface area contributed by atoms with Gasteiger partial charge in [0.1, 0.15) is 0 Å². The second-order valence-electron chi connectivity index (χ2n) is 7.00. The Morgan fingerprint density at radius 3 is 2.16 bits per heavy atom. The van der Waals surface area contributed by atoms with Crippen molar-refractivity contribution in [1.29, 1.82) is 0 Å². The van der Waals surface area contributed by atoms with Gasteiger partial charge < -0.3 is 10.6 Å². The van der Waals surface area contributed by atoms with Crippen molar-refractivity contribution in [3.05, 3.63) is 94.5 Å². The van der Waals surface area contributed by atoms with Crippen LogP contribution in [0.5, 0.6) is 0 Å². The molecule has 0 heterocycles. The van der Waals surface area contributed by atoms with Gasteiger partial charge in [0, 0.05) is 36.3 Å². The largest absolute Gasteiger partial charge is 0.348 e. The molecule has 3 aromatic carbocycles. The Kier molecular flexibility index (Phi) is 7.63. The van der Waals surface area contributed by atoms with Crippen LogP contribution in [0.3, 0.4) is 0 Å². The van der Waals surface area contributed by atoms with E-state index in [-0.39, 0.29) is 23.3 Å². The van der Waals surface area contributed by atoms with E-state index in [4.69, 9.17) is 11.6 Å². The number of hydrogen-bond acceptors (Lipinski definition) is 4. The summed E-state index contributed by atoms with van der Waals surface area (Å²) in [5, 5.41) is 5.98. The van der Waals surface area contributed by atoms with Crippen molar-refractivity contribution >= 4 is 39.1 Å². The van der Waals surface area contributed by atoms with Gasteiger partial charge in [-0.25, -0.2) is 13.1 Å². The number of anilines is 1. The molecule has 0 saturated heterocycles. The fourth-order valence-electron chi connectivity index (χ4n) is 2.88. The van der Waals surface area contributed by atoms with Gasteiger partial charge in [-0.2, -0.15) is 0 Å². The lowest BCUT2D eigenvalue weighted by atomic mass is 10.1. The molecule has 0 aliphatic rings. The molecule has 0 bridgehead atoms. The molecular formula is C23H22ClN3O4S. The molecule has 0 radical (unpaired) electrons. The van der Waals surface area contributed by atoms with Gasteiger partial charge in [0.15, 0.2) is 0 Å². The number of nitrogens with one attached hydrogen (secondary N) is 3. The van der Waals surface area contributed by atoms with Crippen LogP contribution < -0.4 is 15.4 Å². The van der Waals surface area contributed by atoms with Crippen molar-refractivity contribution in [3.63, 3.8) is 0 Å². The van der Waals surface area contributed by atoms with Crippen LogP contribution in [-0.2, 0) is 27.9 Å². The predicted molar refractivity (Wildman–Crippen MR) is 124 cm³/mol. The summed E-state index contributed by atoms with van der Waals surface area (Å²) in [6.07, 6.45) is 0. The molecule has 9 heteroatoms. The second kappa shape index (κ2) is 10.4. The normalized spacial score (nSPS) is 11.1. The highest BCUT2D eigenvalue weighted by molar-refractivity contribution is 7.89. The van der Waals surface area contributed by atoms with E-state index >= 15 is 0 Å². The van der Waals surface area contributed by atoms with E-state index in [0.29, 0.717) is 28.4 Å². The maximum atomic E-state index is 12.5. The Morgan fingerprint density at radius 1 is 0.875 bits per heavy atom. The smallest absolute Gasteiger partial charge is 0.251 e. The minimum Gasteiger partial charge on any atom is -0.348 e. The van der Waals surface area contributed by atoms with Gasteiger partial charge in [-0.3, -0.25) is 9.59 Å². The van der Waals surface area contributed by atoms with Crippen molar-refractivity contribution in [1.82, 2.24) is 10.0 Å². The summed E-state index contributed by atoms with van der Waals surface area (Å²) in [5.41, 5.74) is 2.49. The number of carbonyl (C=O) groups excluding carboxylic acids is 2. The molecule has 0 aliphatic carbocycles. The molecule has 0 fully saturated rings. The van der Waals surface area contributed by atoms with Crippen LogP contribution in [0.25, 0.3) is 0 Å². The maximum absolute atomic E-state index is 12.5. The van der Waals surface area contributed by atoms with Crippen LogP contribution in [0, 0.1) is 0 Å². The highest BCUT2D eigenvalue weighted by Crippen LogP contribution is 2.16. The summed E-state index contributed by atoms with van der Waals surface area (Å²) in [5.74, 6) is -0.490. The molecule has 0 aliphatic heterocycles. The third kappa shape index (κ3) is 6.40. The Hall–Kier alpha value is -3.20. The van der Waals surface area contributed by atoms with E-state index < -0.39 is 10.0 Å². The fourth-order valence-corrected chi connectivity index (χ4v) is 4.10. The van der Waals surface area contributed by atoms with Gasteiger partial charge in [-0.15, -0.1) is 0 Å². The molecule has 3 N–H and O–H groups in total. The zero-order valence-electron chi connectivity index (χ0n) is 17.3. The zero-order chi connectivity index (χ0) is 23.1. The first-order valence-corrected chi connectivity index (χ1v) is 11.6. The average Bonchev–Trinajstić information content (AvgIpc) is 2.77. The third-order valence-corrected chi connectivity index (χ3v) is 6.35. The Morgan fingerprint density at radius 2 is 1.53 bits per heavy atom. The van der Waals surface area contributed by atoms with Crippen molar-refractivity contribution in [2.24, 2.45) is 0 Å². The second-order valence-corrected chi connectivity index (χ2v) is 9.18. The number of amides is 2. The predicted octanol–water partition coefficient (Wildman–Crippen LogP) is 3.71. The highest BCUT2D eigenvalue weighted by Gasteiger charge is 2.14. The lowest BCUT2D eigenvalue weighted by molar-refractivity contribution is -0.114. The molecule has 7 nitrogen and oxygen atoms in total. The van der Waals surface area contributed by atoms with Crippen LogP contribution in [0.4, 0.5) is 5.69 Å². The van der Waals surface area contributed by atoms with Crippen molar-refractivity contribution < 1.29 is 18.0 Å². The number of halogens is 1. The standard InChI is InChI=1S/C23H22ClN3O4S/c1-16(28)27-20-10-12-21(13-11-20)32(30,31)26-14-17-6-8-18(9-7-17)23(29)25-15-19-4-2-3-5-22(19)24/h2-13,26H,14-15H2,1H3,(H,25,29)(H,27,28). The summed E-state index contributed by atoms with van der Waals surface area (Å²) in [4.78, 5) is 23.5. The van der Waals surface area contributed by atoms with E-state index in [0.717, 1.165) is 5.56 Å². The van der Waals surface area contributed by atoms with Crippen LogP contribution in [0.2, 0.25) is 5.02 Å². The van der Waals surface area contributed by atoms with Gasteiger partial charge in [0.25, 0.3) is 5.91 Å². The molecule has 32 heavy (non-hydrogen) atoms. The first kappa shape index (κ1) is 23.5. The average molecular weight is 472 g/mol. The molecular weight excluding hydrogens is 450 g/mol. The molecule has 0 saturated carbocycles. The summed E-state index contributed by atoms with van der Waals surface area (Å²) in [6.45, 7) is 1.75. The summed E-state index contributed by atoms with van der Waals surface area (Å²) in [6, 6.07) is 19.8. The number of sulfonamides is 1. The van der Waals surface area contributed by atoms with Gasteiger partial charge >= 0.3 is 0 Å². The molecule has 0 spiro atoms. The van der Waals surface area contributed by atoms with Gasteiger partial charge in [-0.1, -0.05) is 41.9 Å². The summed E-state index contributed by atoms with van der Waals surface area (Å²) >= 11 is 6.09. The van der Waals surface area contributed by atoms with E-state index in [9.17, 15) is 18.0 Å². The van der Waals surface area contributed by atoms with E-state index in [1.54, 1.807) is 30.3 Å². The van der Waals surface area contributed by atoms with Crippen molar-refractivity contribution in [2.75, 3.05) is 5.32 Å². The van der Waals surface area contributed by atoms with Crippen LogP contribution in [0.1, 0.15) is 28.4 Å². The van der Waals surface area contributed by atoms with Crippen LogP contribution >= 0.6 is 11.6 Å². The van der Waals surface area contributed by atoms with Gasteiger partial charge in [0.2, 0.25) is 15.9 Å². The highest BCUT2D eigenvalue weighted by atomic mass is 35.5. The fraction of sp³-hybridized carbons (Fsp3) is 0.130. The Balaban J connectivity index is 1.56. The quantitative estimate of drug-likeness (QED) is 0.465. The molecule has 166 valence electrons. The van der Waals surface area contributed by atoms with E-state index in [2.05, 4.69) is 15.4 Å². The Labute approximate surface area is 191 Å². The molecule has 3 aromatic rings. The summed E-state index contributed by atoms with van der Waals surface area (Å²) < 4.78 is 27.5. The Bertz CT molecular complexity index is 1210. The molecule has 2 amide bonds. The van der Waals surface area contributed by atoms with Crippen LogP contribution in [-0.4, -0.2) is 20.2 Å². The third-order valence-electron chi connectivity index (χ3n) is 4.56. The monoisotopic (exact) mass is 471 g/mol. The number of carbonyl (C=O) groups is 2. The molecule has 0 atom stereocenters. The number of hydrogen-bond donors (Lipinski definition) is 3. The van der Waals surface area contributed by atoms with Crippen LogP contribution in [0.15, 0.2) is 77.7 Å². The van der Waals surface area contributed by atoms with E-state index in [1.165, 1.54) is 31.2 Å². The van der Waals surface area contributed by atoms with Crippen molar-refractivity contribution in [2.45, 2.75) is 24.9 Å². The zero-order valence-corrected chi connectivity index (χ0v) is 18.8.